The number of aliphatic hydroxyl groups is 1. The van der Waals surface area contributed by atoms with E-state index in [0.29, 0.717) is 11.4 Å². The minimum atomic E-state index is -1.16. The second-order valence-electron chi connectivity index (χ2n) is 7.74. The summed E-state index contributed by atoms with van der Waals surface area (Å²) >= 11 is 5.92. The number of carboxylic acids is 1. The summed E-state index contributed by atoms with van der Waals surface area (Å²) in [6.07, 6.45) is 0.984. The molecule has 168 valence electrons. The molecule has 0 radical (unpaired) electrons. The standard InChI is InChI=1S/C24H25ClN2O5/c1-26-14-13-22(29)27(24(26)32)15-12-20(23(30)31)21(28)11-4-16-2-5-17(6-3-16)18-7-9-19(25)10-8-18/h2-3,5-10,13-14,20-21,28H,4,11-12,15H2,1H3,(H,30,31). The predicted octanol–water partition coefficient (Wildman–Crippen LogP) is 2.95. The van der Waals surface area contributed by atoms with Crippen molar-refractivity contribution in [3.63, 3.8) is 0 Å². The lowest BCUT2D eigenvalue weighted by atomic mass is 9.93. The van der Waals surface area contributed by atoms with Crippen LogP contribution in [-0.2, 0) is 24.8 Å². The van der Waals surface area contributed by atoms with E-state index < -0.39 is 29.2 Å². The Morgan fingerprint density at radius 3 is 2.16 bits per heavy atom. The van der Waals surface area contributed by atoms with Crippen LogP contribution in [0.4, 0.5) is 0 Å². The first-order chi connectivity index (χ1) is 15.3. The molecule has 7 nitrogen and oxygen atoms in total. The van der Waals surface area contributed by atoms with Crippen LogP contribution in [0.1, 0.15) is 18.4 Å². The van der Waals surface area contributed by atoms with Crippen molar-refractivity contribution in [1.82, 2.24) is 9.13 Å². The van der Waals surface area contributed by atoms with Crippen molar-refractivity contribution in [2.45, 2.75) is 31.9 Å². The number of hydrogen-bond donors (Lipinski definition) is 2. The Kier molecular flexibility index (Phi) is 7.66. The average molecular weight is 457 g/mol. The van der Waals surface area contributed by atoms with Gasteiger partial charge in [0, 0.05) is 30.9 Å². The SMILES string of the molecule is Cn1ccc(=O)n(CCC(C(=O)O)C(O)CCc2ccc(-c3ccc(Cl)cc3)cc2)c1=O. The summed E-state index contributed by atoms with van der Waals surface area (Å²) in [6.45, 7) is -0.0733. The number of halogens is 1. The smallest absolute Gasteiger partial charge is 0.330 e. The van der Waals surface area contributed by atoms with Crippen LogP contribution in [0, 0.1) is 5.92 Å². The Bertz CT molecular complexity index is 1180. The van der Waals surface area contributed by atoms with Crippen molar-refractivity contribution in [1.29, 1.82) is 0 Å². The Labute approximate surface area is 190 Å². The van der Waals surface area contributed by atoms with Crippen molar-refractivity contribution in [3.05, 3.63) is 92.2 Å². The van der Waals surface area contributed by atoms with E-state index in [-0.39, 0.29) is 19.4 Å². The molecule has 0 amide bonds. The molecular weight excluding hydrogens is 432 g/mol. The molecule has 2 atom stereocenters. The van der Waals surface area contributed by atoms with Gasteiger partial charge in [-0.25, -0.2) is 4.79 Å². The molecular formula is C24H25ClN2O5. The van der Waals surface area contributed by atoms with Gasteiger partial charge in [0.15, 0.2) is 0 Å². The van der Waals surface area contributed by atoms with Crippen LogP contribution in [-0.4, -0.2) is 31.4 Å². The van der Waals surface area contributed by atoms with Gasteiger partial charge in [0.25, 0.3) is 5.56 Å². The molecule has 2 unspecified atom stereocenters. The van der Waals surface area contributed by atoms with Crippen LogP contribution in [0.5, 0.6) is 0 Å². The summed E-state index contributed by atoms with van der Waals surface area (Å²) in [5.74, 6) is -2.24. The molecule has 0 fully saturated rings. The first-order valence-corrected chi connectivity index (χ1v) is 10.7. The van der Waals surface area contributed by atoms with Gasteiger partial charge in [-0.1, -0.05) is 48.0 Å². The molecule has 1 heterocycles. The van der Waals surface area contributed by atoms with E-state index in [1.807, 2.05) is 48.5 Å². The van der Waals surface area contributed by atoms with Gasteiger partial charge >= 0.3 is 11.7 Å². The Balaban J connectivity index is 1.61. The van der Waals surface area contributed by atoms with E-state index in [2.05, 4.69) is 0 Å². The molecule has 3 aromatic rings. The normalized spacial score (nSPS) is 13.0. The molecule has 0 aliphatic rings. The second kappa shape index (κ2) is 10.4. The molecule has 1 aromatic heterocycles. The third-order valence-electron chi connectivity index (χ3n) is 5.55. The van der Waals surface area contributed by atoms with Crippen molar-refractivity contribution in [2.24, 2.45) is 13.0 Å². The van der Waals surface area contributed by atoms with Crippen molar-refractivity contribution < 1.29 is 15.0 Å². The number of carbonyl (C=O) groups is 1. The zero-order valence-electron chi connectivity index (χ0n) is 17.6. The number of aliphatic hydroxyl groups excluding tert-OH is 1. The van der Waals surface area contributed by atoms with Gasteiger partial charge < -0.3 is 14.8 Å². The van der Waals surface area contributed by atoms with Crippen LogP contribution in [0.3, 0.4) is 0 Å². The first kappa shape index (κ1) is 23.5. The van der Waals surface area contributed by atoms with E-state index in [1.165, 1.54) is 23.9 Å². The minimum absolute atomic E-state index is 0.0227. The summed E-state index contributed by atoms with van der Waals surface area (Å²) < 4.78 is 2.24. The number of carboxylic acid groups (broad SMARTS) is 1. The van der Waals surface area contributed by atoms with Crippen molar-refractivity contribution in [2.75, 3.05) is 0 Å². The van der Waals surface area contributed by atoms with Crippen LogP contribution < -0.4 is 11.2 Å². The van der Waals surface area contributed by atoms with E-state index in [1.54, 1.807) is 0 Å². The molecule has 0 aliphatic heterocycles. The van der Waals surface area contributed by atoms with E-state index in [4.69, 9.17) is 11.6 Å². The maximum absolute atomic E-state index is 12.1. The summed E-state index contributed by atoms with van der Waals surface area (Å²) in [4.78, 5) is 35.7. The molecule has 2 aromatic carbocycles. The lowest BCUT2D eigenvalue weighted by Crippen LogP contribution is -2.39. The van der Waals surface area contributed by atoms with Crippen LogP contribution in [0.15, 0.2) is 70.4 Å². The number of hydrogen-bond acceptors (Lipinski definition) is 4. The largest absolute Gasteiger partial charge is 0.481 e. The van der Waals surface area contributed by atoms with Crippen molar-refractivity contribution >= 4 is 17.6 Å². The average Bonchev–Trinajstić information content (AvgIpc) is 2.78. The quantitative estimate of drug-likeness (QED) is 0.515. The lowest BCUT2D eigenvalue weighted by molar-refractivity contribution is -0.146. The fraction of sp³-hybridized carbons (Fsp3) is 0.292. The molecule has 8 heteroatoms. The molecule has 0 aliphatic carbocycles. The predicted molar refractivity (Wildman–Crippen MR) is 123 cm³/mol. The maximum atomic E-state index is 12.1. The summed E-state index contributed by atoms with van der Waals surface area (Å²) in [6, 6.07) is 16.6. The Hall–Kier alpha value is -3.16. The highest BCUT2D eigenvalue weighted by Crippen LogP contribution is 2.23. The number of aromatic nitrogens is 2. The summed E-state index contributed by atoms with van der Waals surface area (Å²) in [7, 11) is 1.51. The van der Waals surface area contributed by atoms with Gasteiger partial charge in [-0.15, -0.1) is 0 Å². The van der Waals surface area contributed by atoms with E-state index in [0.717, 1.165) is 21.3 Å². The maximum Gasteiger partial charge on any atom is 0.330 e. The first-order valence-electron chi connectivity index (χ1n) is 10.3. The molecule has 2 N–H and O–H groups in total. The summed E-state index contributed by atoms with van der Waals surface area (Å²) in [5.41, 5.74) is 2.03. The number of benzene rings is 2. The molecule has 0 saturated carbocycles. The summed E-state index contributed by atoms with van der Waals surface area (Å²) in [5, 5.41) is 20.7. The van der Waals surface area contributed by atoms with E-state index in [9.17, 15) is 24.6 Å². The van der Waals surface area contributed by atoms with Gasteiger partial charge in [0.05, 0.1) is 12.0 Å². The molecule has 0 bridgehead atoms. The zero-order valence-corrected chi connectivity index (χ0v) is 18.4. The van der Waals surface area contributed by atoms with E-state index >= 15 is 0 Å². The number of aliphatic carboxylic acids is 1. The molecule has 0 saturated heterocycles. The number of aryl methyl sites for hydroxylation is 2. The zero-order chi connectivity index (χ0) is 23.3. The van der Waals surface area contributed by atoms with Gasteiger partial charge in [-0.3, -0.25) is 14.2 Å². The monoisotopic (exact) mass is 456 g/mol. The molecule has 32 heavy (non-hydrogen) atoms. The minimum Gasteiger partial charge on any atom is -0.481 e. The Morgan fingerprint density at radius 1 is 0.969 bits per heavy atom. The Morgan fingerprint density at radius 2 is 1.56 bits per heavy atom. The highest BCUT2D eigenvalue weighted by Gasteiger charge is 2.26. The van der Waals surface area contributed by atoms with Crippen LogP contribution in [0.2, 0.25) is 5.02 Å². The van der Waals surface area contributed by atoms with Crippen molar-refractivity contribution in [3.8, 4) is 11.1 Å². The molecule has 0 spiro atoms. The third-order valence-corrected chi connectivity index (χ3v) is 5.80. The second-order valence-corrected chi connectivity index (χ2v) is 8.18. The molecule has 3 rings (SSSR count). The van der Waals surface area contributed by atoms with Gasteiger partial charge in [-0.05, 0) is 48.1 Å². The van der Waals surface area contributed by atoms with Gasteiger partial charge in [0.2, 0.25) is 0 Å². The highest BCUT2D eigenvalue weighted by molar-refractivity contribution is 6.30. The van der Waals surface area contributed by atoms with Crippen LogP contribution in [0.25, 0.3) is 11.1 Å². The third kappa shape index (κ3) is 5.75. The highest BCUT2D eigenvalue weighted by atomic mass is 35.5. The fourth-order valence-corrected chi connectivity index (χ4v) is 3.72. The van der Waals surface area contributed by atoms with Gasteiger partial charge in [0.1, 0.15) is 0 Å². The number of nitrogens with zero attached hydrogens (tertiary/aromatic N) is 2. The number of rotatable bonds is 9. The van der Waals surface area contributed by atoms with Gasteiger partial charge in [-0.2, -0.15) is 0 Å². The fourth-order valence-electron chi connectivity index (χ4n) is 3.59. The van der Waals surface area contributed by atoms with Crippen LogP contribution >= 0.6 is 11.6 Å². The topological polar surface area (TPSA) is 102 Å². The lowest BCUT2D eigenvalue weighted by Gasteiger charge is -2.19.